The predicted octanol–water partition coefficient (Wildman–Crippen LogP) is 6.44. The van der Waals surface area contributed by atoms with Crippen LogP contribution in [-0.2, 0) is 12.7 Å². The molecule has 3 heterocycles. The van der Waals surface area contributed by atoms with Crippen LogP contribution in [0, 0.1) is 5.92 Å². The molecule has 2 aliphatic rings. The predicted molar refractivity (Wildman–Crippen MR) is 133 cm³/mol. The number of nitrogens with zero attached hydrogens (tertiary/aromatic N) is 2. The molecule has 0 spiro atoms. The van der Waals surface area contributed by atoms with Gasteiger partial charge in [-0.1, -0.05) is 18.2 Å². The van der Waals surface area contributed by atoms with E-state index in [4.69, 9.17) is 4.74 Å². The Hall–Kier alpha value is -2.90. The highest BCUT2D eigenvalue weighted by Crippen LogP contribution is 2.48. The molecule has 0 amide bonds. The van der Waals surface area contributed by atoms with Crippen molar-refractivity contribution in [3.05, 3.63) is 84.1 Å². The summed E-state index contributed by atoms with van der Waals surface area (Å²) < 4.78 is 45.5. The van der Waals surface area contributed by atoms with Crippen molar-refractivity contribution in [2.45, 2.75) is 56.6 Å². The molecule has 3 aromatic rings. The molecule has 1 aromatic heterocycles. The van der Waals surface area contributed by atoms with Crippen LogP contribution >= 0.6 is 0 Å². The highest BCUT2D eigenvalue weighted by molar-refractivity contribution is 5.83. The van der Waals surface area contributed by atoms with Gasteiger partial charge in [-0.25, -0.2) is 0 Å². The number of benzene rings is 2. The van der Waals surface area contributed by atoms with E-state index in [-0.39, 0.29) is 6.04 Å². The van der Waals surface area contributed by atoms with Crippen molar-refractivity contribution in [1.82, 2.24) is 4.98 Å². The molecule has 7 heteroatoms. The fraction of sp³-hybridized carbons (Fsp3) is 0.414. The van der Waals surface area contributed by atoms with Gasteiger partial charge in [-0.05, 0) is 54.3 Å². The third-order valence-electron chi connectivity index (χ3n) is 8.43. The largest absolute Gasteiger partial charge is 0.497 e. The van der Waals surface area contributed by atoms with Gasteiger partial charge in [0, 0.05) is 36.4 Å². The Labute approximate surface area is 209 Å². The van der Waals surface area contributed by atoms with E-state index in [1.165, 1.54) is 12.1 Å². The number of hydrogen-bond acceptors (Lipinski definition) is 3. The second-order valence-corrected chi connectivity index (χ2v) is 10.2. The Kier molecular flexibility index (Phi) is 6.55. The van der Waals surface area contributed by atoms with Gasteiger partial charge in [-0.15, -0.1) is 6.58 Å². The number of fused-ring (bicyclic) bond motifs is 2. The molecule has 5 unspecified atom stereocenters. The lowest BCUT2D eigenvalue weighted by molar-refractivity contribution is -1.02. The maximum absolute atomic E-state index is 13.1. The Morgan fingerprint density at radius 2 is 1.92 bits per heavy atom. The number of aliphatic hydroxyl groups excluding tert-OH is 1. The highest BCUT2D eigenvalue weighted by atomic mass is 19.4. The van der Waals surface area contributed by atoms with Gasteiger partial charge in [-0.3, -0.25) is 4.98 Å². The second kappa shape index (κ2) is 9.52. The van der Waals surface area contributed by atoms with Crippen molar-refractivity contribution in [3.63, 3.8) is 0 Å². The number of halogens is 3. The molecule has 4 nitrogen and oxygen atoms in total. The van der Waals surface area contributed by atoms with Crippen molar-refractivity contribution in [2.24, 2.45) is 5.92 Å². The summed E-state index contributed by atoms with van der Waals surface area (Å²) in [4.78, 5) is 4.47. The fourth-order valence-electron chi connectivity index (χ4n) is 6.37. The van der Waals surface area contributed by atoms with Gasteiger partial charge in [0.25, 0.3) is 0 Å². The molecule has 5 rings (SSSR count). The van der Waals surface area contributed by atoms with E-state index in [2.05, 4.69) is 11.6 Å². The zero-order chi connectivity index (χ0) is 25.5. The lowest BCUT2D eigenvalue weighted by Crippen LogP contribution is -2.69. The molecule has 5 atom stereocenters. The van der Waals surface area contributed by atoms with Crippen LogP contribution in [0.4, 0.5) is 13.2 Å². The highest BCUT2D eigenvalue weighted by Gasteiger charge is 2.55. The van der Waals surface area contributed by atoms with Crippen LogP contribution in [0.1, 0.15) is 48.5 Å². The van der Waals surface area contributed by atoms with E-state index in [1.54, 1.807) is 25.4 Å². The lowest BCUT2D eigenvalue weighted by atomic mass is 9.85. The Morgan fingerprint density at radius 1 is 1.14 bits per heavy atom. The number of aromatic nitrogens is 1. The molecule has 2 fully saturated rings. The molecule has 36 heavy (non-hydrogen) atoms. The van der Waals surface area contributed by atoms with Crippen molar-refractivity contribution >= 4 is 10.9 Å². The zero-order valence-corrected chi connectivity index (χ0v) is 20.4. The maximum atomic E-state index is 13.1. The summed E-state index contributed by atoms with van der Waals surface area (Å²) in [5.41, 5.74) is 1.84. The summed E-state index contributed by atoms with van der Waals surface area (Å²) in [5, 5.41) is 12.8. The zero-order valence-electron chi connectivity index (χ0n) is 20.4. The summed E-state index contributed by atoms with van der Waals surface area (Å²) in [5.74, 6) is 1.07. The summed E-state index contributed by atoms with van der Waals surface area (Å²) in [6, 6.07) is 13.3. The van der Waals surface area contributed by atoms with Crippen LogP contribution in [0.5, 0.6) is 5.75 Å². The Bertz CT molecular complexity index is 1240. The van der Waals surface area contributed by atoms with E-state index in [9.17, 15) is 18.3 Å². The van der Waals surface area contributed by atoms with Crippen LogP contribution < -0.4 is 4.74 Å². The molecule has 2 aliphatic heterocycles. The number of aliphatic hydroxyl groups is 1. The molecular formula is C29H32F3N2O2+. The maximum Gasteiger partial charge on any atom is 0.416 e. The molecule has 1 N–H and O–H groups in total. The number of alkyl halides is 3. The first-order valence-electron chi connectivity index (χ1n) is 12.5. The van der Waals surface area contributed by atoms with Crippen LogP contribution in [0.25, 0.3) is 10.9 Å². The quantitative estimate of drug-likeness (QED) is 0.315. The second-order valence-electron chi connectivity index (χ2n) is 10.2. The average molecular weight is 498 g/mol. The minimum absolute atomic E-state index is 0.0900. The SMILES string of the molecule is C=CC1CCC(C(O)c2ccnc3ccc(OC)cc23)[N+]2(Cc3ccc(C(F)(F)F)cc3)CCC2C1. The van der Waals surface area contributed by atoms with Gasteiger partial charge in [0.05, 0.1) is 30.8 Å². The summed E-state index contributed by atoms with van der Waals surface area (Å²) in [7, 11) is 1.61. The third kappa shape index (κ3) is 4.39. The summed E-state index contributed by atoms with van der Waals surface area (Å²) >= 11 is 0. The number of hydrogen-bond donors (Lipinski definition) is 1. The minimum Gasteiger partial charge on any atom is -0.497 e. The van der Waals surface area contributed by atoms with Gasteiger partial charge in [0.15, 0.2) is 0 Å². The molecule has 0 radical (unpaired) electrons. The summed E-state index contributed by atoms with van der Waals surface area (Å²) in [6.07, 6.45) is 2.41. The van der Waals surface area contributed by atoms with Crippen LogP contribution in [0.3, 0.4) is 0 Å². The molecule has 190 valence electrons. The molecule has 0 saturated carbocycles. The van der Waals surface area contributed by atoms with Crippen molar-refractivity contribution in [3.8, 4) is 5.75 Å². The normalized spacial score (nSPS) is 27.0. The molecular weight excluding hydrogens is 465 g/mol. The first kappa shape index (κ1) is 24.8. The molecule has 0 bridgehead atoms. The van der Waals surface area contributed by atoms with Gasteiger partial charge in [0.2, 0.25) is 0 Å². The molecule has 2 aromatic carbocycles. The smallest absolute Gasteiger partial charge is 0.416 e. The Balaban J connectivity index is 1.54. The van der Waals surface area contributed by atoms with Crippen LogP contribution in [0.15, 0.2) is 67.4 Å². The van der Waals surface area contributed by atoms with Crippen molar-refractivity contribution in [1.29, 1.82) is 0 Å². The van der Waals surface area contributed by atoms with Gasteiger partial charge in [0.1, 0.15) is 24.4 Å². The molecule has 0 aliphatic carbocycles. The third-order valence-corrected chi connectivity index (χ3v) is 8.43. The van der Waals surface area contributed by atoms with E-state index < -0.39 is 17.8 Å². The number of pyridine rings is 1. The number of rotatable bonds is 6. The van der Waals surface area contributed by atoms with Crippen LogP contribution in [0.2, 0.25) is 0 Å². The van der Waals surface area contributed by atoms with E-state index in [1.807, 2.05) is 30.3 Å². The molecule has 2 saturated heterocycles. The van der Waals surface area contributed by atoms with Crippen molar-refractivity contribution < 1.29 is 27.5 Å². The number of quaternary nitrogens is 1. The van der Waals surface area contributed by atoms with E-state index in [0.717, 1.165) is 54.3 Å². The van der Waals surface area contributed by atoms with Gasteiger partial charge >= 0.3 is 6.18 Å². The fourth-order valence-corrected chi connectivity index (χ4v) is 6.37. The van der Waals surface area contributed by atoms with E-state index in [0.29, 0.717) is 28.7 Å². The minimum atomic E-state index is -4.35. The van der Waals surface area contributed by atoms with E-state index >= 15 is 0 Å². The topological polar surface area (TPSA) is 42.4 Å². The Morgan fingerprint density at radius 3 is 2.56 bits per heavy atom. The number of methoxy groups -OCH3 is 1. The van der Waals surface area contributed by atoms with Gasteiger partial charge in [-0.2, -0.15) is 13.2 Å². The first-order chi connectivity index (χ1) is 17.2. The summed E-state index contributed by atoms with van der Waals surface area (Å²) in [6.45, 7) is 5.53. The van der Waals surface area contributed by atoms with Crippen LogP contribution in [-0.4, -0.2) is 40.3 Å². The number of ether oxygens (including phenoxy) is 1. The first-order valence-corrected chi connectivity index (χ1v) is 12.5. The lowest BCUT2D eigenvalue weighted by Gasteiger charge is -2.57. The standard InChI is InChI=1S/C29H32F3N2O2/c1-3-19-6-11-27(28(35)24-12-14-33-26-10-9-23(36-2)17-25(24)26)34(15-13-22(34)16-19)18-20-4-7-21(8-5-20)29(30,31)32/h3-5,7-10,12,14,17,19,22,27-28,35H,1,6,11,13,15-16,18H2,2H3/q+1. The van der Waals surface area contributed by atoms with Gasteiger partial charge < -0.3 is 14.3 Å². The monoisotopic (exact) mass is 497 g/mol. The number of allylic oxidation sites excluding steroid dienone is 1. The average Bonchev–Trinajstić information content (AvgIpc) is 2.97. The van der Waals surface area contributed by atoms with Crippen molar-refractivity contribution in [2.75, 3.05) is 13.7 Å².